The number of piperidine rings is 1. The van der Waals surface area contributed by atoms with Crippen LogP contribution in [0, 0.1) is 10.8 Å². The summed E-state index contributed by atoms with van der Waals surface area (Å²) in [6.07, 6.45) is 5.26. The monoisotopic (exact) mass is 226 g/mol. The van der Waals surface area contributed by atoms with Gasteiger partial charge < -0.3 is 10.6 Å². The lowest BCUT2D eigenvalue weighted by Gasteiger charge is -2.37. The van der Waals surface area contributed by atoms with E-state index in [1.165, 1.54) is 45.3 Å². The Morgan fingerprint density at radius 3 is 2.25 bits per heavy atom. The van der Waals surface area contributed by atoms with Crippen molar-refractivity contribution < 1.29 is 0 Å². The van der Waals surface area contributed by atoms with Gasteiger partial charge in [0.05, 0.1) is 0 Å². The van der Waals surface area contributed by atoms with E-state index >= 15 is 0 Å². The zero-order chi connectivity index (χ0) is 12.2. The first-order valence-corrected chi connectivity index (χ1v) is 6.77. The van der Waals surface area contributed by atoms with Gasteiger partial charge >= 0.3 is 0 Å². The third kappa shape index (κ3) is 4.84. The molecule has 1 saturated heterocycles. The zero-order valence-electron chi connectivity index (χ0n) is 11.7. The van der Waals surface area contributed by atoms with Crippen LogP contribution >= 0.6 is 0 Å². The number of likely N-dealkylation sites (tertiary alicyclic amines) is 1. The van der Waals surface area contributed by atoms with Crippen molar-refractivity contribution in [1.29, 1.82) is 0 Å². The molecule has 0 amide bonds. The topological polar surface area (TPSA) is 29.3 Å². The first kappa shape index (κ1) is 14.0. The van der Waals surface area contributed by atoms with Gasteiger partial charge in [0.15, 0.2) is 0 Å². The van der Waals surface area contributed by atoms with E-state index in [1.54, 1.807) is 0 Å². The summed E-state index contributed by atoms with van der Waals surface area (Å²) >= 11 is 0. The van der Waals surface area contributed by atoms with Crippen LogP contribution in [-0.2, 0) is 0 Å². The summed E-state index contributed by atoms with van der Waals surface area (Å²) in [6, 6.07) is 0. The molecule has 2 nitrogen and oxygen atoms in total. The number of rotatable bonds is 5. The van der Waals surface area contributed by atoms with Crippen molar-refractivity contribution in [2.24, 2.45) is 16.6 Å². The van der Waals surface area contributed by atoms with E-state index in [0.29, 0.717) is 10.8 Å². The molecule has 1 aliphatic rings. The van der Waals surface area contributed by atoms with Crippen LogP contribution in [0.4, 0.5) is 0 Å². The lowest BCUT2D eigenvalue weighted by Crippen LogP contribution is -2.38. The number of nitrogens with two attached hydrogens (primary N) is 1. The van der Waals surface area contributed by atoms with Crippen LogP contribution in [0.3, 0.4) is 0 Å². The second-order valence-electron chi connectivity index (χ2n) is 6.98. The molecule has 0 aromatic heterocycles. The van der Waals surface area contributed by atoms with E-state index in [2.05, 4.69) is 32.6 Å². The summed E-state index contributed by atoms with van der Waals surface area (Å²) in [5.74, 6) is 0. The highest BCUT2D eigenvalue weighted by Crippen LogP contribution is 2.30. The van der Waals surface area contributed by atoms with E-state index in [9.17, 15) is 0 Å². The van der Waals surface area contributed by atoms with Gasteiger partial charge in [-0.05, 0) is 62.7 Å². The van der Waals surface area contributed by atoms with Gasteiger partial charge in [0.2, 0.25) is 0 Å². The van der Waals surface area contributed by atoms with Gasteiger partial charge in [-0.15, -0.1) is 0 Å². The molecule has 96 valence electrons. The molecule has 0 aromatic carbocycles. The Morgan fingerprint density at radius 2 is 1.75 bits per heavy atom. The summed E-state index contributed by atoms with van der Waals surface area (Å²) in [5.41, 5.74) is 6.65. The maximum atomic E-state index is 5.75. The summed E-state index contributed by atoms with van der Waals surface area (Å²) < 4.78 is 0. The minimum atomic E-state index is 0.328. The molecule has 0 unspecified atom stereocenters. The van der Waals surface area contributed by atoms with Crippen molar-refractivity contribution in [3.63, 3.8) is 0 Å². The van der Waals surface area contributed by atoms with E-state index < -0.39 is 0 Å². The zero-order valence-corrected chi connectivity index (χ0v) is 11.7. The maximum absolute atomic E-state index is 5.75. The Hall–Kier alpha value is -0.0800. The largest absolute Gasteiger partial charge is 0.330 e. The molecule has 2 heteroatoms. The molecule has 2 N–H and O–H groups in total. The molecule has 1 heterocycles. The highest BCUT2D eigenvalue weighted by molar-refractivity contribution is 4.79. The maximum Gasteiger partial charge on any atom is -0.00136 e. The van der Waals surface area contributed by atoms with Gasteiger partial charge in [0.25, 0.3) is 0 Å². The average molecular weight is 226 g/mol. The smallest absolute Gasteiger partial charge is 0.00136 e. The molecule has 0 aromatic rings. The lowest BCUT2D eigenvalue weighted by molar-refractivity contribution is 0.127. The van der Waals surface area contributed by atoms with Gasteiger partial charge in [0.1, 0.15) is 0 Å². The predicted molar refractivity (Wildman–Crippen MR) is 71.5 cm³/mol. The number of hydrogen-bond acceptors (Lipinski definition) is 2. The quantitative estimate of drug-likeness (QED) is 0.781. The standard InChI is InChI=1S/C14H30N2/c1-13(2)7-10-16(11-8-13)9-5-6-14(3,4)12-15/h5-12,15H2,1-4H3. The van der Waals surface area contributed by atoms with Gasteiger partial charge in [-0.3, -0.25) is 0 Å². The Morgan fingerprint density at radius 1 is 1.19 bits per heavy atom. The molecular formula is C14H30N2. The summed E-state index contributed by atoms with van der Waals surface area (Å²) in [7, 11) is 0. The molecule has 0 saturated carbocycles. The predicted octanol–water partition coefficient (Wildman–Crippen LogP) is 2.87. The normalized spacial score (nSPS) is 22.3. The minimum Gasteiger partial charge on any atom is -0.330 e. The van der Waals surface area contributed by atoms with Crippen molar-refractivity contribution in [3.8, 4) is 0 Å². The van der Waals surface area contributed by atoms with Crippen LogP contribution in [0.1, 0.15) is 53.4 Å². The van der Waals surface area contributed by atoms with E-state index in [4.69, 9.17) is 5.73 Å². The Labute approximate surface area is 102 Å². The van der Waals surface area contributed by atoms with Crippen LogP contribution in [0.15, 0.2) is 0 Å². The van der Waals surface area contributed by atoms with Crippen LogP contribution < -0.4 is 5.73 Å². The fourth-order valence-corrected chi connectivity index (χ4v) is 2.27. The highest BCUT2D eigenvalue weighted by Gasteiger charge is 2.25. The Bertz CT molecular complexity index is 199. The fourth-order valence-electron chi connectivity index (χ4n) is 2.27. The van der Waals surface area contributed by atoms with Gasteiger partial charge in [-0.1, -0.05) is 27.7 Å². The summed E-state index contributed by atoms with van der Waals surface area (Å²) in [6.45, 7) is 14.0. The molecular weight excluding hydrogens is 196 g/mol. The van der Waals surface area contributed by atoms with Crippen LogP contribution in [0.5, 0.6) is 0 Å². The Kier molecular flexibility index (Phi) is 4.81. The third-order valence-corrected chi connectivity index (χ3v) is 4.09. The first-order valence-electron chi connectivity index (χ1n) is 6.77. The van der Waals surface area contributed by atoms with Crippen LogP contribution in [0.25, 0.3) is 0 Å². The van der Waals surface area contributed by atoms with Crippen molar-refractivity contribution in [3.05, 3.63) is 0 Å². The average Bonchev–Trinajstić information content (AvgIpc) is 2.20. The molecule has 1 fully saturated rings. The van der Waals surface area contributed by atoms with Gasteiger partial charge in [-0.25, -0.2) is 0 Å². The molecule has 1 aliphatic heterocycles. The van der Waals surface area contributed by atoms with E-state index in [0.717, 1.165) is 6.54 Å². The Balaban J connectivity index is 2.16. The van der Waals surface area contributed by atoms with Crippen molar-refractivity contribution in [2.75, 3.05) is 26.2 Å². The molecule has 1 rings (SSSR count). The van der Waals surface area contributed by atoms with Crippen LogP contribution in [0.2, 0.25) is 0 Å². The van der Waals surface area contributed by atoms with Crippen LogP contribution in [-0.4, -0.2) is 31.1 Å². The summed E-state index contributed by atoms with van der Waals surface area (Å²) in [4.78, 5) is 2.62. The second-order valence-corrected chi connectivity index (χ2v) is 6.98. The van der Waals surface area contributed by atoms with Crippen molar-refractivity contribution >= 4 is 0 Å². The molecule has 0 radical (unpaired) electrons. The number of nitrogens with zero attached hydrogens (tertiary/aromatic N) is 1. The molecule has 0 atom stereocenters. The minimum absolute atomic E-state index is 0.328. The second kappa shape index (κ2) is 5.50. The molecule has 0 aliphatic carbocycles. The van der Waals surface area contributed by atoms with Gasteiger partial charge in [-0.2, -0.15) is 0 Å². The fraction of sp³-hybridized carbons (Fsp3) is 1.00. The first-order chi connectivity index (χ1) is 7.35. The van der Waals surface area contributed by atoms with E-state index in [1.807, 2.05) is 0 Å². The molecule has 0 spiro atoms. The van der Waals surface area contributed by atoms with Crippen molar-refractivity contribution in [2.45, 2.75) is 53.4 Å². The lowest BCUT2D eigenvalue weighted by atomic mass is 9.82. The third-order valence-electron chi connectivity index (χ3n) is 4.09. The van der Waals surface area contributed by atoms with Crippen molar-refractivity contribution in [1.82, 2.24) is 4.90 Å². The molecule has 16 heavy (non-hydrogen) atoms. The summed E-state index contributed by atoms with van der Waals surface area (Å²) in [5, 5.41) is 0. The van der Waals surface area contributed by atoms with E-state index in [-0.39, 0.29) is 0 Å². The molecule has 0 bridgehead atoms. The SMILES string of the molecule is CC(C)(CN)CCCN1CCC(C)(C)CC1. The highest BCUT2D eigenvalue weighted by atomic mass is 15.1. The van der Waals surface area contributed by atoms with Gasteiger partial charge in [0, 0.05) is 0 Å². The number of hydrogen-bond donors (Lipinski definition) is 1.